The molecule has 1 unspecified atom stereocenters. The summed E-state index contributed by atoms with van der Waals surface area (Å²) in [6.45, 7) is 1.22. The summed E-state index contributed by atoms with van der Waals surface area (Å²) in [4.78, 5) is 2.15. The highest BCUT2D eigenvalue weighted by atomic mass is 16.7. The molecular weight excluding hydrogens is 332 g/mol. The summed E-state index contributed by atoms with van der Waals surface area (Å²) in [5.74, 6) is 2.97. The maximum atomic E-state index is 9.95. The van der Waals surface area contributed by atoms with Gasteiger partial charge in [0.2, 0.25) is 13.6 Å². The molecule has 0 fully saturated rings. The Morgan fingerprint density at radius 1 is 1.00 bits per heavy atom. The predicted molar refractivity (Wildman–Crippen MR) is 91.8 cm³/mol. The molecule has 2 aromatic rings. The number of benzene rings is 2. The van der Waals surface area contributed by atoms with Crippen LogP contribution in [-0.4, -0.2) is 25.0 Å². The average molecular weight is 346 g/mol. The number of nitrogens with zero attached hydrogens (tertiary/aromatic N) is 2. The Bertz CT molecular complexity index is 1040. The van der Waals surface area contributed by atoms with Gasteiger partial charge in [-0.25, -0.2) is 0 Å². The molecule has 4 aliphatic heterocycles. The van der Waals surface area contributed by atoms with E-state index in [9.17, 15) is 5.26 Å². The average Bonchev–Trinajstić information content (AvgIpc) is 3.32. The van der Waals surface area contributed by atoms with Crippen LogP contribution in [0, 0.1) is 11.3 Å². The quantitative estimate of drug-likeness (QED) is 0.730. The third kappa shape index (κ3) is 1.70. The summed E-state index contributed by atoms with van der Waals surface area (Å²) in [6, 6.07) is 10.1. The van der Waals surface area contributed by atoms with Gasteiger partial charge in [-0.05, 0) is 41.8 Å². The highest BCUT2D eigenvalue weighted by Gasteiger charge is 2.37. The van der Waals surface area contributed by atoms with Gasteiger partial charge in [0.15, 0.2) is 23.0 Å². The molecule has 0 saturated carbocycles. The standard InChI is InChI=1S/C20H14N2O4/c21-8-15-19-12(1-2-16-20(19)26-10-23-16)5-14-13-7-18-17(24-9-25-18)6-11(13)3-4-22(14)15/h1-2,5-7,15H,3-4,9-10H2. The Kier molecular flexibility index (Phi) is 2.60. The summed E-state index contributed by atoms with van der Waals surface area (Å²) in [7, 11) is 0. The first-order valence-electron chi connectivity index (χ1n) is 8.57. The zero-order valence-corrected chi connectivity index (χ0v) is 13.8. The third-order valence-corrected chi connectivity index (χ3v) is 5.42. The second-order valence-electron chi connectivity index (χ2n) is 6.67. The molecule has 4 heterocycles. The van der Waals surface area contributed by atoms with Crippen molar-refractivity contribution in [3.05, 3.63) is 46.5 Å². The van der Waals surface area contributed by atoms with Crippen LogP contribution in [0.5, 0.6) is 23.0 Å². The zero-order valence-electron chi connectivity index (χ0n) is 13.8. The molecule has 0 saturated heterocycles. The van der Waals surface area contributed by atoms with E-state index in [2.05, 4.69) is 23.1 Å². The van der Waals surface area contributed by atoms with Crippen molar-refractivity contribution >= 4 is 11.8 Å². The van der Waals surface area contributed by atoms with E-state index >= 15 is 0 Å². The molecule has 6 rings (SSSR count). The molecule has 6 nitrogen and oxygen atoms in total. The van der Waals surface area contributed by atoms with Crippen LogP contribution in [0.15, 0.2) is 24.3 Å². The number of fused-ring (bicyclic) bond motifs is 7. The number of hydrogen-bond acceptors (Lipinski definition) is 6. The Hall–Kier alpha value is -3.33. The number of nitriles is 1. The van der Waals surface area contributed by atoms with E-state index in [1.54, 1.807) is 0 Å². The second-order valence-corrected chi connectivity index (χ2v) is 6.67. The zero-order chi connectivity index (χ0) is 17.3. The third-order valence-electron chi connectivity index (χ3n) is 5.42. The molecule has 0 spiro atoms. The lowest BCUT2D eigenvalue weighted by Crippen LogP contribution is -2.35. The highest BCUT2D eigenvalue weighted by Crippen LogP contribution is 2.50. The minimum atomic E-state index is -0.403. The van der Waals surface area contributed by atoms with E-state index in [4.69, 9.17) is 18.9 Å². The van der Waals surface area contributed by atoms with Gasteiger partial charge >= 0.3 is 0 Å². The molecular formula is C20H14N2O4. The number of ether oxygens (including phenoxy) is 4. The van der Waals surface area contributed by atoms with Crippen LogP contribution < -0.4 is 18.9 Å². The molecule has 0 amide bonds. The fourth-order valence-electron chi connectivity index (χ4n) is 4.23. The first-order valence-corrected chi connectivity index (χ1v) is 8.57. The fourth-order valence-corrected chi connectivity index (χ4v) is 4.23. The molecule has 0 aromatic heterocycles. The Balaban J connectivity index is 1.58. The van der Waals surface area contributed by atoms with E-state index in [-0.39, 0.29) is 13.6 Å². The van der Waals surface area contributed by atoms with Gasteiger partial charge < -0.3 is 23.8 Å². The van der Waals surface area contributed by atoms with Crippen LogP contribution in [0.1, 0.15) is 28.3 Å². The maximum Gasteiger partial charge on any atom is 0.231 e. The molecule has 1 atom stereocenters. The van der Waals surface area contributed by atoms with Crippen LogP contribution in [-0.2, 0) is 6.42 Å². The number of hydrogen-bond donors (Lipinski definition) is 0. The second kappa shape index (κ2) is 4.85. The van der Waals surface area contributed by atoms with E-state index in [0.717, 1.165) is 46.9 Å². The molecule has 0 bridgehead atoms. The van der Waals surface area contributed by atoms with E-state index < -0.39 is 6.04 Å². The highest BCUT2D eigenvalue weighted by molar-refractivity contribution is 5.88. The SMILES string of the molecule is N#CC1c2c(ccc3c2OCO3)C=C2c3cc4c(cc3CCN21)OCO4. The van der Waals surface area contributed by atoms with Crippen LogP contribution in [0.25, 0.3) is 11.8 Å². The van der Waals surface area contributed by atoms with Crippen LogP contribution in [0.2, 0.25) is 0 Å². The first-order chi connectivity index (χ1) is 12.8. The van der Waals surface area contributed by atoms with Crippen LogP contribution in [0.3, 0.4) is 0 Å². The van der Waals surface area contributed by atoms with Gasteiger partial charge in [-0.2, -0.15) is 5.26 Å². The summed E-state index contributed by atoms with van der Waals surface area (Å²) in [5.41, 5.74) is 5.26. The summed E-state index contributed by atoms with van der Waals surface area (Å²) >= 11 is 0. The molecule has 128 valence electrons. The molecule has 4 aliphatic rings. The van der Waals surface area contributed by atoms with E-state index in [0.29, 0.717) is 11.5 Å². The van der Waals surface area contributed by atoms with Crippen LogP contribution >= 0.6 is 0 Å². The van der Waals surface area contributed by atoms with Crippen molar-refractivity contribution in [1.82, 2.24) is 4.90 Å². The Labute approximate surface area is 149 Å². The molecule has 0 radical (unpaired) electrons. The predicted octanol–water partition coefficient (Wildman–Crippen LogP) is 3.08. The van der Waals surface area contributed by atoms with Crippen molar-refractivity contribution in [2.24, 2.45) is 0 Å². The van der Waals surface area contributed by atoms with Gasteiger partial charge in [0.25, 0.3) is 0 Å². The van der Waals surface area contributed by atoms with Crippen molar-refractivity contribution < 1.29 is 18.9 Å². The van der Waals surface area contributed by atoms with Crippen molar-refractivity contribution in [3.63, 3.8) is 0 Å². The minimum absolute atomic E-state index is 0.201. The largest absolute Gasteiger partial charge is 0.454 e. The topological polar surface area (TPSA) is 64.0 Å². The van der Waals surface area contributed by atoms with Crippen molar-refractivity contribution in [1.29, 1.82) is 5.26 Å². The van der Waals surface area contributed by atoms with Gasteiger partial charge in [-0.3, -0.25) is 0 Å². The molecule has 2 aromatic carbocycles. The minimum Gasteiger partial charge on any atom is -0.454 e. The smallest absolute Gasteiger partial charge is 0.231 e. The van der Waals surface area contributed by atoms with Gasteiger partial charge in [0.05, 0.1) is 6.07 Å². The monoisotopic (exact) mass is 346 g/mol. The summed E-state index contributed by atoms with van der Waals surface area (Å²) < 4.78 is 22.2. The van der Waals surface area contributed by atoms with Gasteiger partial charge in [-0.15, -0.1) is 0 Å². The Morgan fingerprint density at radius 2 is 1.81 bits per heavy atom. The first kappa shape index (κ1) is 13.9. The molecule has 0 aliphatic carbocycles. The normalized spacial score (nSPS) is 20.7. The fraction of sp³-hybridized carbons (Fsp3) is 0.250. The van der Waals surface area contributed by atoms with Gasteiger partial charge in [0, 0.05) is 23.4 Å². The Morgan fingerprint density at radius 3 is 2.69 bits per heavy atom. The van der Waals surface area contributed by atoms with E-state index in [1.165, 1.54) is 5.56 Å². The summed E-state index contributed by atoms with van der Waals surface area (Å²) in [5, 5.41) is 9.95. The van der Waals surface area contributed by atoms with Crippen molar-refractivity contribution in [3.8, 4) is 29.1 Å². The van der Waals surface area contributed by atoms with Gasteiger partial charge in [0.1, 0.15) is 6.04 Å². The molecule has 6 heteroatoms. The lowest BCUT2D eigenvalue weighted by Gasteiger charge is -2.40. The number of rotatable bonds is 0. The van der Waals surface area contributed by atoms with Gasteiger partial charge in [-0.1, -0.05) is 6.07 Å². The summed E-state index contributed by atoms with van der Waals surface area (Å²) in [6.07, 6.45) is 2.98. The molecule has 0 N–H and O–H groups in total. The van der Waals surface area contributed by atoms with Crippen molar-refractivity contribution in [2.45, 2.75) is 12.5 Å². The van der Waals surface area contributed by atoms with Crippen molar-refractivity contribution in [2.75, 3.05) is 20.1 Å². The molecule has 26 heavy (non-hydrogen) atoms. The lowest BCUT2D eigenvalue weighted by molar-refractivity contribution is 0.172. The van der Waals surface area contributed by atoms with E-state index in [1.807, 2.05) is 18.2 Å². The van der Waals surface area contributed by atoms with Crippen LogP contribution in [0.4, 0.5) is 0 Å². The maximum absolute atomic E-state index is 9.95. The lowest BCUT2D eigenvalue weighted by atomic mass is 9.86.